The zero-order valence-electron chi connectivity index (χ0n) is 17.0. The van der Waals surface area contributed by atoms with Crippen molar-refractivity contribution in [3.05, 3.63) is 90.5 Å². The summed E-state index contributed by atoms with van der Waals surface area (Å²) in [6.45, 7) is -0.493. The number of anilines is 1. The molecule has 0 unspecified atom stereocenters. The number of nitrogens with one attached hydrogen (secondary N) is 1. The highest BCUT2D eigenvalue weighted by atomic mass is 32.2. The summed E-state index contributed by atoms with van der Waals surface area (Å²) >= 11 is 0. The number of ether oxygens (including phenoxy) is 1. The Balaban J connectivity index is 1.71. The Kier molecular flexibility index (Phi) is 7.56. The molecule has 0 aliphatic heterocycles. The van der Waals surface area contributed by atoms with E-state index in [-0.39, 0.29) is 11.5 Å². The second kappa shape index (κ2) is 10.7. The van der Waals surface area contributed by atoms with Crippen LogP contribution in [0.3, 0.4) is 0 Å². The topological polar surface area (TPSA) is 112 Å². The van der Waals surface area contributed by atoms with Crippen LogP contribution >= 0.6 is 0 Å². The fourth-order valence-corrected chi connectivity index (χ4v) is 4.18. The minimum absolute atomic E-state index is 0.0483. The maximum Gasteiger partial charge on any atom is 0.264 e. The average Bonchev–Trinajstić information content (AvgIpc) is 2.83. The van der Waals surface area contributed by atoms with Crippen LogP contribution in [0.5, 0.6) is 5.75 Å². The summed E-state index contributed by atoms with van der Waals surface area (Å²) in [5.41, 5.74) is 3.40. The zero-order chi connectivity index (χ0) is 22.8. The number of sulfonamides is 1. The second-order valence-corrected chi connectivity index (χ2v) is 8.33. The summed E-state index contributed by atoms with van der Waals surface area (Å²) in [7, 11) is -3.96. The minimum Gasteiger partial charge on any atom is -0.479 e. The summed E-state index contributed by atoms with van der Waals surface area (Å²) in [5, 5.41) is 12.4. The van der Waals surface area contributed by atoms with Gasteiger partial charge in [0.1, 0.15) is 18.4 Å². The Hall–Kier alpha value is -4.16. The lowest BCUT2D eigenvalue weighted by atomic mass is 10.2. The van der Waals surface area contributed by atoms with Crippen LogP contribution in [-0.4, -0.2) is 33.7 Å². The summed E-state index contributed by atoms with van der Waals surface area (Å²) in [6, 6.07) is 24.9. The predicted molar refractivity (Wildman–Crippen MR) is 121 cm³/mol. The van der Waals surface area contributed by atoms with E-state index in [9.17, 15) is 13.2 Å². The van der Waals surface area contributed by atoms with Crippen molar-refractivity contribution >= 4 is 27.8 Å². The number of amides is 1. The van der Waals surface area contributed by atoms with Gasteiger partial charge in [-0.25, -0.2) is 13.8 Å². The maximum atomic E-state index is 13.1. The van der Waals surface area contributed by atoms with Gasteiger partial charge in [0.2, 0.25) is 0 Å². The number of hydrogen-bond donors (Lipinski definition) is 1. The van der Waals surface area contributed by atoms with Gasteiger partial charge in [0.25, 0.3) is 15.9 Å². The first-order chi connectivity index (χ1) is 15.5. The number of carbonyl (C=O) groups excluding carboxylic acids is 1. The monoisotopic (exact) mass is 448 g/mol. The van der Waals surface area contributed by atoms with Gasteiger partial charge in [-0.2, -0.15) is 10.4 Å². The summed E-state index contributed by atoms with van der Waals surface area (Å²) < 4.78 is 32.5. The Morgan fingerprint density at radius 3 is 2.25 bits per heavy atom. The fraction of sp³-hybridized carbons (Fsp3) is 0.0870. The molecule has 0 aliphatic rings. The zero-order valence-corrected chi connectivity index (χ0v) is 17.8. The van der Waals surface area contributed by atoms with Crippen LogP contribution in [0.25, 0.3) is 0 Å². The summed E-state index contributed by atoms with van der Waals surface area (Å²) in [6.07, 6.45) is 1.42. The van der Waals surface area contributed by atoms with E-state index in [0.717, 1.165) is 4.31 Å². The molecule has 0 aromatic heterocycles. The molecule has 8 nitrogen and oxygen atoms in total. The minimum atomic E-state index is -3.96. The number of rotatable bonds is 9. The van der Waals surface area contributed by atoms with Crippen molar-refractivity contribution < 1.29 is 17.9 Å². The molecule has 0 spiro atoms. The smallest absolute Gasteiger partial charge is 0.264 e. The molecule has 0 radical (unpaired) electrons. The third kappa shape index (κ3) is 5.93. The molecule has 0 aliphatic carbocycles. The number of carbonyl (C=O) groups is 1. The molecule has 0 atom stereocenters. The first-order valence-electron chi connectivity index (χ1n) is 9.55. The molecule has 32 heavy (non-hydrogen) atoms. The van der Waals surface area contributed by atoms with Crippen LogP contribution in [0, 0.1) is 11.3 Å². The van der Waals surface area contributed by atoms with Gasteiger partial charge in [0.15, 0.2) is 6.61 Å². The van der Waals surface area contributed by atoms with Crippen LogP contribution in [0.1, 0.15) is 5.56 Å². The van der Waals surface area contributed by atoms with Crippen molar-refractivity contribution in [1.29, 1.82) is 5.26 Å². The molecule has 1 amide bonds. The molecular weight excluding hydrogens is 428 g/mol. The van der Waals surface area contributed by atoms with E-state index in [0.29, 0.717) is 17.0 Å². The molecule has 0 heterocycles. The molecule has 0 bridgehead atoms. The third-order valence-corrected chi connectivity index (χ3v) is 6.04. The van der Waals surface area contributed by atoms with E-state index in [1.54, 1.807) is 72.8 Å². The first-order valence-corrected chi connectivity index (χ1v) is 11.0. The molecule has 0 saturated carbocycles. The van der Waals surface area contributed by atoms with Gasteiger partial charge < -0.3 is 4.74 Å². The standard InChI is InChI=1S/C23H20N4O4S/c24-15-16-31-21-13-11-19(12-14-21)17-25-26-23(28)18-27(20-7-3-1-4-8-20)32(29,30)22-9-5-2-6-10-22/h1-14,17H,16,18H2,(H,26,28)/b25-17-. The van der Waals surface area contributed by atoms with Crippen LogP contribution in [0.4, 0.5) is 5.69 Å². The average molecular weight is 449 g/mol. The van der Waals surface area contributed by atoms with Gasteiger partial charge in [0, 0.05) is 0 Å². The number of benzene rings is 3. The lowest BCUT2D eigenvalue weighted by molar-refractivity contribution is -0.119. The number of para-hydroxylation sites is 1. The van der Waals surface area contributed by atoms with Crippen molar-refractivity contribution in [2.45, 2.75) is 4.90 Å². The molecule has 3 aromatic rings. The van der Waals surface area contributed by atoms with Gasteiger partial charge in [-0.05, 0) is 54.1 Å². The highest BCUT2D eigenvalue weighted by molar-refractivity contribution is 7.92. The van der Waals surface area contributed by atoms with E-state index in [1.165, 1.54) is 18.3 Å². The molecule has 3 aromatic carbocycles. The predicted octanol–water partition coefficient (Wildman–Crippen LogP) is 2.93. The van der Waals surface area contributed by atoms with Gasteiger partial charge in [-0.15, -0.1) is 0 Å². The van der Waals surface area contributed by atoms with E-state index < -0.39 is 22.5 Å². The number of nitriles is 1. The number of hydrazone groups is 1. The van der Waals surface area contributed by atoms with Crippen molar-refractivity contribution in [2.24, 2.45) is 5.10 Å². The van der Waals surface area contributed by atoms with Crippen molar-refractivity contribution in [3.63, 3.8) is 0 Å². The van der Waals surface area contributed by atoms with Gasteiger partial charge in [-0.1, -0.05) is 36.4 Å². The molecule has 0 fully saturated rings. The van der Waals surface area contributed by atoms with Gasteiger partial charge in [0.05, 0.1) is 16.8 Å². The number of nitrogens with zero attached hydrogens (tertiary/aromatic N) is 3. The third-order valence-electron chi connectivity index (χ3n) is 4.25. The van der Waals surface area contributed by atoms with Crippen LogP contribution in [-0.2, 0) is 14.8 Å². The van der Waals surface area contributed by atoms with Crippen LogP contribution in [0.15, 0.2) is 94.9 Å². The van der Waals surface area contributed by atoms with E-state index >= 15 is 0 Å². The van der Waals surface area contributed by atoms with E-state index in [1.807, 2.05) is 6.07 Å². The van der Waals surface area contributed by atoms with Crippen LogP contribution in [0.2, 0.25) is 0 Å². The Bertz CT molecular complexity index is 1210. The van der Waals surface area contributed by atoms with Crippen molar-refractivity contribution in [3.8, 4) is 11.8 Å². The maximum absolute atomic E-state index is 13.1. The molecule has 1 N–H and O–H groups in total. The lowest BCUT2D eigenvalue weighted by Gasteiger charge is -2.23. The first kappa shape index (κ1) is 22.5. The largest absolute Gasteiger partial charge is 0.479 e. The molecule has 9 heteroatoms. The molecular formula is C23H20N4O4S. The Morgan fingerprint density at radius 1 is 1.00 bits per heavy atom. The highest BCUT2D eigenvalue weighted by Crippen LogP contribution is 2.23. The normalized spacial score (nSPS) is 11.0. The van der Waals surface area contributed by atoms with Crippen molar-refractivity contribution in [2.75, 3.05) is 17.5 Å². The molecule has 3 rings (SSSR count). The Morgan fingerprint density at radius 2 is 1.62 bits per heavy atom. The lowest BCUT2D eigenvalue weighted by Crippen LogP contribution is -2.39. The van der Waals surface area contributed by atoms with Crippen molar-refractivity contribution in [1.82, 2.24) is 5.43 Å². The van der Waals surface area contributed by atoms with E-state index in [2.05, 4.69) is 10.5 Å². The van der Waals surface area contributed by atoms with Gasteiger partial charge >= 0.3 is 0 Å². The summed E-state index contributed by atoms with van der Waals surface area (Å²) in [4.78, 5) is 12.6. The van der Waals surface area contributed by atoms with Crippen LogP contribution < -0.4 is 14.5 Å². The SMILES string of the molecule is N#CCOc1ccc(/C=N\NC(=O)CN(c2ccccc2)S(=O)(=O)c2ccccc2)cc1. The second-order valence-electron chi connectivity index (χ2n) is 6.47. The van der Waals surface area contributed by atoms with E-state index in [4.69, 9.17) is 10.00 Å². The molecule has 162 valence electrons. The highest BCUT2D eigenvalue weighted by Gasteiger charge is 2.26. The summed E-state index contributed by atoms with van der Waals surface area (Å²) in [5.74, 6) is -0.0593. The fourth-order valence-electron chi connectivity index (χ4n) is 2.74. The van der Waals surface area contributed by atoms with Gasteiger partial charge in [-0.3, -0.25) is 9.10 Å². The Labute approximate surface area is 186 Å². The molecule has 0 saturated heterocycles. The number of hydrogen-bond acceptors (Lipinski definition) is 6. The quantitative estimate of drug-likeness (QED) is 0.400.